The zero-order valence-electron chi connectivity index (χ0n) is 20.1. The summed E-state index contributed by atoms with van der Waals surface area (Å²) < 4.78 is 6.34. The Hall–Kier alpha value is -1.69. The maximum atomic E-state index is 12.0. The van der Waals surface area contributed by atoms with E-state index in [1.807, 2.05) is 45.0 Å². The first-order valence-electron chi connectivity index (χ1n) is 10.7. The van der Waals surface area contributed by atoms with Crippen LogP contribution in [0.4, 0.5) is 10.5 Å². The van der Waals surface area contributed by atoms with Crippen LogP contribution < -0.4 is 9.74 Å². The lowest BCUT2D eigenvalue weighted by Gasteiger charge is -2.42. The molecule has 5 nitrogen and oxygen atoms in total. The SMILES string of the molecule is CC[C@H](C)[C@@H](CNc1ccc(O[Si](C)(C)C(C)(C)C)cc1)N(C(=O)O)C(C)(C)C. The normalized spacial score (nSPS) is 14.8. The van der Waals surface area contributed by atoms with E-state index in [1.54, 1.807) is 4.90 Å². The summed E-state index contributed by atoms with van der Waals surface area (Å²) >= 11 is 0. The second-order valence-corrected chi connectivity index (χ2v) is 15.3. The van der Waals surface area contributed by atoms with Crippen molar-refractivity contribution in [2.45, 2.75) is 91.5 Å². The van der Waals surface area contributed by atoms with E-state index in [9.17, 15) is 9.90 Å². The highest BCUT2D eigenvalue weighted by atomic mass is 28.4. The highest BCUT2D eigenvalue weighted by molar-refractivity contribution is 6.74. The van der Waals surface area contributed by atoms with Crippen LogP contribution in [0.3, 0.4) is 0 Å². The van der Waals surface area contributed by atoms with Gasteiger partial charge in [-0.05, 0) is 69.1 Å². The summed E-state index contributed by atoms with van der Waals surface area (Å²) in [5.74, 6) is 1.14. The van der Waals surface area contributed by atoms with Crippen molar-refractivity contribution >= 4 is 20.1 Å². The Bertz CT molecular complexity index is 660. The second kappa shape index (κ2) is 9.41. The average Bonchev–Trinajstić information content (AvgIpc) is 2.56. The number of anilines is 1. The number of nitrogens with one attached hydrogen (secondary N) is 1. The molecule has 0 radical (unpaired) electrons. The van der Waals surface area contributed by atoms with E-state index in [2.05, 4.69) is 53.0 Å². The Kier molecular flexibility index (Phi) is 8.23. The summed E-state index contributed by atoms with van der Waals surface area (Å²) in [6, 6.07) is 7.91. The number of hydrogen-bond donors (Lipinski definition) is 2. The number of carboxylic acid groups (broad SMARTS) is 1. The van der Waals surface area contributed by atoms with Crippen molar-refractivity contribution in [2.24, 2.45) is 5.92 Å². The first-order valence-corrected chi connectivity index (χ1v) is 13.6. The third-order valence-electron chi connectivity index (χ3n) is 6.11. The molecular weight excluding hydrogens is 380 g/mol. The van der Waals surface area contributed by atoms with E-state index in [1.165, 1.54) is 0 Å². The van der Waals surface area contributed by atoms with Gasteiger partial charge in [-0.1, -0.05) is 41.0 Å². The van der Waals surface area contributed by atoms with Crippen LogP contribution in [0.1, 0.15) is 61.8 Å². The van der Waals surface area contributed by atoms with Crippen LogP contribution in [0.15, 0.2) is 24.3 Å². The van der Waals surface area contributed by atoms with Crippen molar-refractivity contribution in [3.05, 3.63) is 24.3 Å². The summed E-state index contributed by atoms with van der Waals surface area (Å²) in [6.45, 7) is 21.8. The van der Waals surface area contributed by atoms with Crippen molar-refractivity contribution < 1.29 is 14.3 Å². The maximum absolute atomic E-state index is 12.0. The third-order valence-corrected chi connectivity index (χ3v) is 10.5. The van der Waals surface area contributed by atoms with E-state index in [4.69, 9.17) is 4.43 Å². The van der Waals surface area contributed by atoms with Gasteiger partial charge in [-0.3, -0.25) is 4.90 Å². The fourth-order valence-electron chi connectivity index (χ4n) is 3.06. The molecular formula is C23H42N2O3Si. The molecule has 0 aliphatic carbocycles. The van der Waals surface area contributed by atoms with Crippen molar-refractivity contribution in [3.8, 4) is 5.75 Å². The molecule has 0 fully saturated rings. The van der Waals surface area contributed by atoms with Crippen molar-refractivity contribution in [1.82, 2.24) is 4.90 Å². The minimum atomic E-state index is -1.86. The van der Waals surface area contributed by atoms with Gasteiger partial charge < -0.3 is 14.8 Å². The molecule has 166 valence electrons. The van der Waals surface area contributed by atoms with Gasteiger partial charge >= 0.3 is 6.09 Å². The highest BCUT2D eigenvalue weighted by Crippen LogP contribution is 2.37. The molecule has 0 aliphatic heterocycles. The summed E-state index contributed by atoms with van der Waals surface area (Å²) in [7, 11) is -1.86. The fourth-order valence-corrected chi connectivity index (χ4v) is 4.09. The summed E-state index contributed by atoms with van der Waals surface area (Å²) in [6.07, 6.45) is 0.0496. The molecule has 0 saturated carbocycles. The molecule has 1 aromatic rings. The number of carbonyl (C=O) groups is 1. The number of amides is 1. The second-order valence-electron chi connectivity index (χ2n) is 10.5. The highest BCUT2D eigenvalue weighted by Gasteiger charge is 2.39. The van der Waals surface area contributed by atoms with Crippen LogP contribution >= 0.6 is 0 Å². The quantitative estimate of drug-likeness (QED) is 0.459. The number of benzene rings is 1. The Balaban J connectivity index is 2.92. The summed E-state index contributed by atoms with van der Waals surface area (Å²) in [5.41, 5.74) is 0.516. The van der Waals surface area contributed by atoms with E-state index in [0.717, 1.165) is 17.9 Å². The van der Waals surface area contributed by atoms with Crippen LogP contribution in [-0.2, 0) is 0 Å². The number of nitrogens with zero attached hydrogens (tertiary/aromatic N) is 1. The van der Waals surface area contributed by atoms with Gasteiger partial charge in [-0.25, -0.2) is 4.79 Å². The Labute approximate surface area is 179 Å². The largest absolute Gasteiger partial charge is 0.544 e. The molecule has 0 aromatic heterocycles. The van der Waals surface area contributed by atoms with Crippen LogP contribution in [0.5, 0.6) is 5.75 Å². The molecule has 0 aliphatic rings. The third kappa shape index (κ3) is 6.95. The predicted molar refractivity (Wildman–Crippen MR) is 126 cm³/mol. The molecule has 0 spiro atoms. The van der Waals surface area contributed by atoms with Gasteiger partial charge in [-0.15, -0.1) is 0 Å². The summed E-state index contributed by atoms with van der Waals surface area (Å²) in [5, 5.41) is 13.4. The molecule has 29 heavy (non-hydrogen) atoms. The minimum Gasteiger partial charge on any atom is -0.544 e. The average molecular weight is 423 g/mol. The number of hydrogen-bond acceptors (Lipinski definition) is 3. The van der Waals surface area contributed by atoms with Crippen LogP contribution in [0.25, 0.3) is 0 Å². The Morgan fingerprint density at radius 3 is 2.03 bits per heavy atom. The van der Waals surface area contributed by atoms with Crippen molar-refractivity contribution in [3.63, 3.8) is 0 Å². The van der Waals surface area contributed by atoms with Gasteiger partial charge in [0.1, 0.15) is 5.75 Å². The zero-order valence-corrected chi connectivity index (χ0v) is 21.1. The molecule has 2 atom stereocenters. The molecule has 1 amide bonds. The van der Waals surface area contributed by atoms with E-state index >= 15 is 0 Å². The van der Waals surface area contributed by atoms with Gasteiger partial charge in [-0.2, -0.15) is 0 Å². The maximum Gasteiger partial charge on any atom is 0.408 e. The fraction of sp³-hybridized carbons (Fsp3) is 0.696. The van der Waals surface area contributed by atoms with Crippen molar-refractivity contribution in [1.29, 1.82) is 0 Å². The minimum absolute atomic E-state index is 0.111. The van der Waals surface area contributed by atoms with Crippen LogP contribution in [0, 0.1) is 5.92 Å². The standard InChI is InChI=1S/C23H42N2O3Si/c1-11-17(2)20(25(21(26)27)22(3,4)5)16-24-18-12-14-19(15-13-18)28-29(9,10)23(6,7)8/h12-15,17,20,24H,11,16H2,1-10H3,(H,26,27)/t17-,20+/m0/s1. The molecule has 0 heterocycles. The van der Waals surface area contributed by atoms with Gasteiger partial charge in [0.25, 0.3) is 0 Å². The monoisotopic (exact) mass is 422 g/mol. The molecule has 2 N–H and O–H groups in total. The van der Waals surface area contributed by atoms with E-state index < -0.39 is 19.9 Å². The van der Waals surface area contributed by atoms with E-state index in [0.29, 0.717) is 6.54 Å². The lowest BCUT2D eigenvalue weighted by atomic mass is 9.93. The molecule has 1 rings (SSSR count). The molecule has 0 saturated heterocycles. The lowest BCUT2D eigenvalue weighted by Crippen LogP contribution is -2.55. The lowest BCUT2D eigenvalue weighted by molar-refractivity contribution is 0.0551. The Morgan fingerprint density at radius 2 is 1.66 bits per heavy atom. The first kappa shape index (κ1) is 25.3. The molecule has 0 bridgehead atoms. The topological polar surface area (TPSA) is 61.8 Å². The smallest absolute Gasteiger partial charge is 0.408 e. The zero-order chi connectivity index (χ0) is 22.6. The number of rotatable bonds is 8. The van der Waals surface area contributed by atoms with Crippen LogP contribution in [0.2, 0.25) is 18.1 Å². The van der Waals surface area contributed by atoms with Crippen molar-refractivity contribution in [2.75, 3.05) is 11.9 Å². The van der Waals surface area contributed by atoms with Gasteiger partial charge in [0.05, 0.1) is 6.04 Å². The van der Waals surface area contributed by atoms with Gasteiger partial charge in [0, 0.05) is 17.8 Å². The first-order chi connectivity index (χ1) is 13.1. The summed E-state index contributed by atoms with van der Waals surface area (Å²) in [4.78, 5) is 13.5. The van der Waals surface area contributed by atoms with E-state index in [-0.39, 0.29) is 17.0 Å². The molecule has 6 heteroatoms. The molecule has 0 unspecified atom stereocenters. The predicted octanol–water partition coefficient (Wildman–Crippen LogP) is 6.68. The van der Waals surface area contributed by atoms with Gasteiger partial charge in [0.15, 0.2) is 0 Å². The van der Waals surface area contributed by atoms with Crippen LogP contribution in [-0.4, -0.2) is 42.5 Å². The molecule has 1 aromatic carbocycles. The Morgan fingerprint density at radius 1 is 1.14 bits per heavy atom. The van der Waals surface area contributed by atoms with Gasteiger partial charge in [0.2, 0.25) is 8.32 Å².